The SMILES string of the molecule is O=C(NC1CCC1O)c1ccc(Cl)s1. The van der Waals surface area contributed by atoms with Crippen molar-refractivity contribution in [1.29, 1.82) is 0 Å². The molecule has 3 nitrogen and oxygen atoms in total. The molecule has 1 aliphatic rings. The summed E-state index contributed by atoms with van der Waals surface area (Å²) in [7, 11) is 0. The van der Waals surface area contributed by atoms with E-state index in [4.69, 9.17) is 11.6 Å². The Hall–Kier alpha value is -0.580. The number of hydrogen-bond acceptors (Lipinski definition) is 3. The van der Waals surface area contributed by atoms with Crippen molar-refractivity contribution in [3.8, 4) is 0 Å². The highest BCUT2D eigenvalue weighted by Gasteiger charge is 2.30. The number of carbonyl (C=O) groups excluding carboxylic acids is 1. The summed E-state index contributed by atoms with van der Waals surface area (Å²) < 4.78 is 0.601. The molecule has 2 N–H and O–H groups in total. The summed E-state index contributed by atoms with van der Waals surface area (Å²) in [4.78, 5) is 12.1. The molecule has 1 fully saturated rings. The van der Waals surface area contributed by atoms with E-state index >= 15 is 0 Å². The summed E-state index contributed by atoms with van der Waals surface area (Å²) in [6, 6.07) is 3.30. The molecule has 1 aliphatic carbocycles. The fraction of sp³-hybridized carbons (Fsp3) is 0.444. The van der Waals surface area contributed by atoms with Gasteiger partial charge in [0, 0.05) is 0 Å². The van der Waals surface area contributed by atoms with Gasteiger partial charge < -0.3 is 10.4 Å². The first kappa shape index (κ1) is 9.96. The molecule has 0 aromatic carbocycles. The predicted octanol–water partition coefficient (Wildman–Crippen LogP) is 1.65. The minimum Gasteiger partial charge on any atom is -0.391 e. The van der Waals surface area contributed by atoms with Gasteiger partial charge in [-0.15, -0.1) is 11.3 Å². The molecule has 1 saturated carbocycles. The van der Waals surface area contributed by atoms with Crippen molar-refractivity contribution in [3.63, 3.8) is 0 Å². The fourth-order valence-corrected chi connectivity index (χ4v) is 2.27. The molecule has 0 saturated heterocycles. The second-order valence-corrected chi connectivity index (χ2v) is 5.04. The van der Waals surface area contributed by atoms with Gasteiger partial charge in [-0.05, 0) is 25.0 Å². The van der Waals surface area contributed by atoms with Crippen molar-refractivity contribution in [1.82, 2.24) is 5.32 Å². The van der Waals surface area contributed by atoms with Crippen LogP contribution >= 0.6 is 22.9 Å². The first-order valence-corrected chi connectivity index (χ1v) is 5.60. The molecule has 2 rings (SSSR count). The topological polar surface area (TPSA) is 49.3 Å². The van der Waals surface area contributed by atoms with E-state index in [0.29, 0.717) is 9.21 Å². The standard InChI is InChI=1S/C9H10ClNO2S/c10-8-4-3-7(14-8)9(13)11-5-1-2-6(5)12/h3-6,12H,1-2H2,(H,11,13). The average Bonchev–Trinajstić information content (AvgIpc) is 2.58. The summed E-state index contributed by atoms with van der Waals surface area (Å²) in [5.41, 5.74) is 0. The smallest absolute Gasteiger partial charge is 0.261 e. The van der Waals surface area contributed by atoms with Gasteiger partial charge in [0.1, 0.15) is 0 Å². The Balaban J connectivity index is 1.95. The Bertz CT molecular complexity index is 352. The molecule has 0 aliphatic heterocycles. The van der Waals surface area contributed by atoms with Crippen LogP contribution in [0.5, 0.6) is 0 Å². The molecule has 14 heavy (non-hydrogen) atoms. The van der Waals surface area contributed by atoms with Crippen LogP contribution in [0, 0.1) is 0 Å². The van der Waals surface area contributed by atoms with Crippen molar-refractivity contribution in [3.05, 3.63) is 21.3 Å². The quantitative estimate of drug-likeness (QED) is 0.813. The molecule has 0 radical (unpaired) electrons. The number of amides is 1. The minimum atomic E-state index is -0.380. The monoisotopic (exact) mass is 231 g/mol. The third-order valence-electron chi connectivity index (χ3n) is 2.35. The lowest BCUT2D eigenvalue weighted by Crippen LogP contribution is -2.50. The molecule has 2 unspecified atom stereocenters. The van der Waals surface area contributed by atoms with Crippen LogP contribution < -0.4 is 5.32 Å². The number of nitrogens with one attached hydrogen (secondary N) is 1. The van der Waals surface area contributed by atoms with Crippen molar-refractivity contribution in [2.45, 2.75) is 25.0 Å². The Morgan fingerprint density at radius 3 is 2.79 bits per heavy atom. The summed E-state index contributed by atoms with van der Waals surface area (Å²) in [5, 5.41) is 12.0. The number of carbonyl (C=O) groups is 1. The zero-order valence-corrected chi connectivity index (χ0v) is 8.94. The number of aliphatic hydroxyl groups is 1. The van der Waals surface area contributed by atoms with Gasteiger partial charge in [-0.2, -0.15) is 0 Å². The summed E-state index contributed by atoms with van der Waals surface area (Å²) in [6.45, 7) is 0. The highest BCUT2D eigenvalue weighted by atomic mass is 35.5. The van der Waals surface area contributed by atoms with E-state index in [1.807, 2.05) is 0 Å². The van der Waals surface area contributed by atoms with Gasteiger partial charge in [0.15, 0.2) is 0 Å². The third-order valence-corrected chi connectivity index (χ3v) is 3.58. The molecule has 1 heterocycles. The summed E-state index contributed by atoms with van der Waals surface area (Å²) in [6.07, 6.45) is 1.25. The van der Waals surface area contributed by atoms with E-state index in [0.717, 1.165) is 12.8 Å². The van der Waals surface area contributed by atoms with E-state index in [-0.39, 0.29) is 18.1 Å². The zero-order valence-electron chi connectivity index (χ0n) is 7.37. The van der Waals surface area contributed by atoms with Crippen molar-refractivity contribution < 1.29 is 9.90 Å². The first-order valence-electron chi connectivity index (χ1n) is 4.41. The maximum atomic E-state index is 11.5. The van der Waals surface area contributed by atoms with Crippen LogP contribution in [0.2, 0.25) is 4.34 Å². The predicted molar refractivity (Wildman–Crippen MR) is 55.8 cm³/mol. The van der Waals surface area contributed by atoms with Crippen molar-refractivity contribution in [2.24, 2.45) is 0 Å². The van der Waals surface area contributed by atoms with Gasteiger partial charge in [-0.25, -0.2) is 0 Å². The van der Waals surface area contributed by atoms with Crippen molar-refractivity contribution >= 4 is 28.8 Å². The Labute approximate surface area is 90.7 Å². The molecular weight excluding hydrogens is 222 g/mol. The lowest BCUT2D eigenvalue weighted by atomic mass is 9.89. The second kappa shape index (κ2) is 3.88. The lowest BCUT2D eigenvalue weighted by Gasteiger charge is -2.32. The number of aliphatic hydroxyl groups excluding tert-OH is 1. The number of rotatable bonds is 2. The van der Waals surface area contributed by atoms with E-state index < -0.39 is 0 Å². The van der Waals surface area contributed by atoms with Gasteiger partial charge in [0.05, 0.1) is 21.4 Å². The Morgan fingerprint density at radius 1 is 1.57 bits per heavy atom. The van der Waals surface area contributed by atoms with E-state index in [1.165, 1.54) is 11.3 Å². The second-order valence-electron chi connectivity index (χ2n) is 3.33. The minimum absolute atomic E-state index is 0.0802. The van der Waals surface area contributed by atoms with Crippen LogP contribution in [0.25, 0.3) is 0 Å². The maximum Gasteiger partial charge on any atom is 0.261 e. The van der Waals surface area contributed by atoms with E-state index in [1.54, 1.807) is 12.1 Å². The molecular formula is C9H10ClNO2S. The van der Waals surface area contributed by atoms with Crippen molar-refractivity contribution in [2.75, 3.05) is 0 Å². The van der Waals surface area contributed by atoms with Gasteiger partial charge in [0.2, 0.25) is 0 Å². The molecule has 0 bridgehead atoms. The van der Waals surface area contributed by atoms with E-state index in [2.05, 4.69) is 5.32 Å². The molecule has 76 valence electrons. The van der Waals surface area contributed by atoms with Crippen LogP contribution in [0.4, 0.5) is 0 Å². The zero-order chi connectivity index (χ0) is 10.1. The third kappa shape index (κ3) is 1.92. The molecule has 1 amide bonds. The van der Waals surface area contributed by atoms with Crippen LogP contribution in [0.1, 0.15) is 22.5 Å². The molecule has 0 spiro atoms. The Kier molecular flexibility index (Phi) is 2.76. The number of hydrogen-bond donors (Lipinski definition) is 2. The van der Waals surface area contributed by atoms with Gasteiger partial charge in [-0.1, -0.05) is 11.6 Å². The summed E-state index contributed by atoms with van der Waals surface area (Å²) in [5.74, 6) is -0.148. The summed E-state index contributed by atoms with van der Waals surface area (Å²) >= 11 is 6.95. The maximum absolute atomic E-state index is 11.5. The molecule has 5 heteroatoms. The Morgan fingerprint density at radius 2 is 2.36 bits per heavy atom. The first-order chi connectivity index (χ1) is 6.66. The highest BCUT2D eigenvalue weighted by Crippen LogP contribution is 2.23. The van der Waals surface area contributed by atoms with Gasteiger partial charge >= 0.3 is 0 Å². The fourth-order valence-electron chi connectivity index (χ4n) is 1.33. The average molecular weight is 232 g/mol. The van der Waals surface area contributed by atoms with Crippen LogP contribution in [0.15, 0.2) is 12.1 Å². The van der Waals surface area contributed by atoms with Crippen LogP contribution in [-0.4, -0.2) is 23.2 Å². The largest absolute Gasteiger partial charge is 0.391 e. The number of thiophene rings is 1. The van der Waals surface area contributed by atoms with E-state index in [9.17, 15) is 9.90 Å². The molecule has 1 aromatic rings. The van der Waals surface area contributed by atoms with Gasteiger partial charge in [-0.3, -0.25) is 4.79 Å². The highest BCUT2D eigenvalue weighted by molar-refractivity contribution is 7.17. The normalized spacial score (nSPS) is 25.6. The molecule has 2 atom stereocenters. The van der Waals surface area contributed by atoms with Crippen LogP contribution in [0.3, 0.4) is 0 Å². The molecule has 1 aromatic heterocycles. The number of halogens is 1. The lowest BCUT2D eigenvalue weighted by molar-refractivity contribution is 0.0449. The van der Waals surface area contributed by atoms with Gasteiger partial charge in [0.25, 0.3) is 5.91 Å². The van der Waals surface area contributed by atoms with Crippen LogP contribution in [-0.2, 0) is 0 Å².